The molecule has 0 atom stereocenters. The van der Waals surface area contributed by atoms with Crippen molar-refractivity contribution < 1.29 is 0 Å². The molecule has 0 aliphatic heterocycles. The fourth-order valence-electron chi connectivity index (χ4n) is 7.56. The van der Waals surface area contributed by atoms with E-state index in [2.05, 4.69) is 196 Å². The molecule has 0 saturated heterocycles. The van der Waals surface area contributed by atoms with E-state index in [1.54, 1.807) is 0 Å². The second-order valence-corrected chi connectivity index (χ2v) is 14.8. The van der Waals surface area contributed by atoms with Crippen LogP contribution in [0.5, 0.6) is 0 Å². The van der Waals surface area contributed by atoms with E-state index in [-0.39, 0.29) is 5.41 Å². The van der Waals surface area contributed by atoms with Crippen LogP contribution in [0.1, 0.15) is 31.9 Å². The van der Waals surface area contributed by atoms with E-state index in [0.29, 0.717) is 0 Å². The van der Waals surface area contributed by atoms with E-state index >= 15 is 0 Å². The summed E-state index contributed by atoms with van der Waals surface area (Å²) < 4.78 is 0. The van der Waals surface area contributed by atoms with Crippen molar-refractivity contribution in [2.45, 2.75) is 33.1 Å². The first kappa shape index (κ1) is 30.2. The van der Waals surface area contributed by atoms with E-state index in [4.69, 9.17) is 0 Å². The molecule has 0 heterocycles. The first-order chi connectivity index (χ1) is 24.3. The lowest BCUT2D eigenvalue weighted by Gasteiger charge is -2.29. The number of anilines is 3. The van der Waals surface area contributed by atoms with E-state index in [1.807, 2.05) is 0 Å². The molecule has 1 aliphatic rings. The minimum absolute atomic E-state index is 0.148. The van der Waals surface area contributed by atoms with Crippen LogP contribution in [-0.4, -0.2) is 0 Å². The normalized spacial score (nSPS) is 12.0. The predicted octanol–water partition coefficient (Wildman–Crippen LogP) is 14.1. The topological polar surface area (TPSA) is 3.24 Å². The molecule has 9 rings (SSSR count). The van der Waals surface area contributed by atoms with Gasteiger partial charge < -0.3 is 4.90 Å². The average Bonchev–Trinajstić information content (AvgIpc) is 3.14. The first-order valence-corrected chi connectivity index (χ1v) is 17.6. The van der Waals surface area contributed by atoms with Gasteiger partial charge in [0, 0.05) is 17.1 Å². The quantitative estimate of drug-likeness (QED) is 0.181. The van der Waals surface area contributed by atoms with Crippen molar-refractivity contribution >= 4 is 38.6 Å². The van der Waals surface area contributed by atoms with Gasteiger partial charge in [-0.25, -0.2) is 0 Å². The average molecular weight is 642 g/mol. The minimum atomic E-state index is 0.148. The van der Waals surface area contributed by atoms with Crippen molar-refractivity contribution in [3.8, 4) is 44.5 Å². The van der Waals surface area contributed by atoms with Crippen LogP contribution in [0.15, 0.2) is 164 Å². The number of para-hydroxylation sites is 1. The van der Waals surface area contributed by atoms with Gasteiger partial charge in [0.15, 0.2) is 0 Å². The molecule has 0 N–H and O–H groups in total. The van der Waals surface area contributed by atoms with Crippen molar-refractivity contribution in [1.82, 2.24) is 0 Å². The second kappa shape index (κ2) is 11.6. The van der Waals surface area contributed by atoms with Crippen molar-refractivity contribution in [2.24, 2.45) is 0 Å². The zero-order chi connectivity index (χ0) is 34.0. The molecule has 1 nitrogen and oxygen atoms in total. The summed E-state index contributed by atoms with van der Waals surface area (Å²) in [6.07, 6.45) is 0. The fraction of sp³-hybridized carbons (Fsp3) is 0.102. The Morgan fingerprint density at radius 3 is 1.52 bits per heavy atom. The maximum Gasteiger partial charge on any atom is 0.0496 e. The summed E-state index contributed by atoms with van der Waals surface area (Å²) in [6, 6.07) is 60.6. The summed E-state index contributed by atoms with van der Waals surface area (Å²) in [5.74, 6) is 0. The van der Waals surface area contributed by atoms with Gasteiger partial charge in [-0.15, -0.1) is 0 Å². The van der Waals surface area contributed by atoms with Gasteiger partial charge in [0.2, 0.25) is 0 Å². The standard InChI is InChI=1S/C49H39N/c1-32-15-16-38(33-11-7-5-8-12-33)31-48(32)50(42-13-9-6-10-14-42)43-24-21-37-28-45-44-27-36-18-17-35(34-19-22-41(23-20-34)49(2,3)4)25-39(36)29-46(44)47(45)30-40(37)26-43/h5-31H,1-4H3. The Morgan fingerprint density at radius 2 is 0.880 bits per heavy atom. The van der Waals surface area contributed by atoms with Crippen molar-refractivity contribution in [1.29, 1.82) is 0 Å². The van der Waals surface area contributed by atoms with Gasteiger partial charge in [-0.05, 0) is 150 Å². The molecule has 240 valence electrons. The molecule has 0 spiro atoms. The lowest BCUT2D eigenvalue weighted by molar-refractivity contribution is 0.590. The van der Waals surface area contributed by atoms with Crippen LogP contribution in [0, 0.1) is 6.92 Å². The molecule has 0 bridgehead atoms. The van der Waals surface area contributed by atoms with Crippen LogP contribution in [0.2, 0.25) is 0 Å². The van der Waals surface area contributed by atoms with Gasteiger partial charge in [0.05, 0.1) is 0 Å². The molecule has 8 aromatic carbocycles. The van der Waals surface area contributed by atoms with E-state index in [0.717, 1.165) is 11.4 Å². The molecule has 0 fully saturated rings. The molecule has 8 aromatic rings. The summed E-state index contributed by atoms with van der Waals surface area (Å²) >= 11 is 0. The van der Waals surface area contributed by atoms with E-state index in [1.165, 1.54) is 82.9 Å². The summed E-state index contributed by atoms with van der Waals surface area (Å²) in [7, 11) is 0. The highest BCUT2D eigenvalue weighted by Gasteiger charge is 2.25. The van der Waals surface area contributed by atoms with Crippen LogP contribution in [0.3, 0.4) is 0 Å². The molecule has 1 heteroatoms. The maximum atomic E-state index is 2.40. The number of rotatable bonds is 5. The van der Waals surface area contributed by atoms with E-state index < -0.39 is 0 Å². The minimum Gasteiger partial charge on any atom is -0.310 e. The Labute approximate surface area is 295 Å². The Morgan fingerprint density at radius 1 is 0.380 bits per heavy atom. The van der Waals surface area contributed by atoms with Crippen molar-refractivity contribution in [2.75, 3.05) is 4.90 Å². The monoisotopic (exact) mass is 641 g/mol. The Kier molecular flexibility index (Phi) is 7.00. The van der Waals surface area contributed by atoms with Gasteiger partial charge in [0.1, 0.15) is 0 Å². The Bertz CT molecular complexity index is 2550. The third kappa shape index (κ3) is 5.18. The number of aryl methyl sites for hydroxylation is 1. The van der Waals surface area contributed by atoms with Gasteiger partial charge >= 0.3 is 0 Å². The molecule has 0 aromatic heterocycles. The third-order valence-corrected chi connectivity index (χ3v) is 10.4. The molecular weight excluding hydrogens is 603 g/mol. The van der Waals surface area contributed by atoms with Gasteiger partial charge in [-0.3, -0.25) is 0 Å². The Balaban J connectivity index is 1.11. The maximum absolute atomic E-state index is 2.40. The summed E-state index contributed by atoms with van der Waals surface area (Å²) in [5, 5.41) is 5.07. The number of hydrogen-bond acceptors (Lipinski definition) is 1. The van der Waals surface area contributed by atoms with Crippen molar-refractivity contribution in [3.05, 3.63) is 175 Å². The largest absolute Gasteiger partial charge is 0.310 e. The lowest BCUT2D eigenvalue weighted by Crippen LogP contribution is -2.11. The van der Waals surface area contributed by atoms with Gasteiger partial charge in [-0.1, -0.05) is 124 Å². The van der Waals surface area contributed by atoms with Crippen molar-refractivity contribution in [3.63, 3.8) is 0 Å². The van der Waals surface area contributed by atoms with Crippen LogP contribution in [0.25, 0.3) is 66.1 Å². The van der Waals surface area contributed by atoms with Crippen LogP contribution >= 0.6 is 0 Å². The van der Waals surface area contributed by atoms with Crippen LogP contribution < -0.4 is 4.90 Å². The molecule has 1 aliphatic carbocycles. The van der Waals surface area contributed by atoms with Gasteiger partial charge in [-0.2, -0.15) is 0 Å². The smallest absolute Gasteiger partial charge is 0.0496 e. The predicted molar refractivity (Wildman–Crippen MR) is 215 cm³/mol. The molecule has 0 unspecified atom stereocenters. The Hall–Kier alpha value is -5.92. The zero-order valence-electron chi connectivity index (χ0n) is 29.0. The highest BCUT2D eigenvalue weighted by atomic mass is 15.1. The van der Waals surface area contributed by atoms with Gasteiger partial charge in [0.25, 0.3) is 0 Å². The molecular formula is C49H39N. The lowest BCUT2D eigenvalue weighted by atomic mass is 9.77. The SMILES string of the molecule is Cc1ccc(-c2ccccc2)cc1N(c1ccccc1)c1ccc2cc3c(cc2c1)-c1cc2cc(-c4ccc(C(C)(C)C)cc4)ccc2cc1-3. The molecule has 0 amide bonds. The van der Waals surface area contributed by atoms with Crippen LogP contribution in [0.4, 0.5) is 17.1 Å². The fourth-order valence-corrected chi connectivity index (χ4v) is 7.56. The highest BCUT2D eigenvalue weighted by Crippen LogP contribution is 2.51. The van der Waals surface area contributed by atoms with Crippen LogP contribution in [-0.2, 0) is 5.41 Å². The first-order valence-electron chi connectivity index (χ1n) is 17.6. The number of fused-ring (bicyclic) bond motifs is 6. The summed E-state index contributed by atoms with van der Waals surface area (Å²) in [5.41, 5.74) is 16.5. The summed E-state index contributed by atoms with van der Waals surface area (Å²) in [6.45, 7) is 9.01. The highest BCUT2D eigenvalue weighted by molar-refractivity contribution is 6.12. The molecule has 50 heavy (non-hydrogen) atoms. The summed E-state index contributed by atoms with van der Waals surface area (Å²) in [4.78, 5) is 2.40. The third-order valence-electron chi connectivity index (χ3n) is 10.4. The number of hydrogen-bond donors (Lipinski definition) is 0. The van der Waals surface area contributed by atoms with E-state index in [9.17, 15) is 0 Å². The molecule has 0 saturated carbocycles. The zero-order valence-corrected chi connectivity index (χ0v) is 29.0. The number of nitrogens with zero attached hydrogens (tertiary/aromatic N) is 1. The second-order valence-electron chi connectivity index (χ2n) is 14.8. The molecule has 0 radical (unpaired) electrons. The number of benzene rings is 8.